The number of hydrogen-bond acceptors (Lipinski definition) is 1. The minimum Gasteiger partial charge on any atom is -0.360 e. The largest absolute Gasteiger partial charge is 0.360 e. The highest BCUT2D eigenvalue weighted by molar-refractivity contribution is 6.28. The van der Waals surface area contributed by atoms with Gasteiger partial charge in [-0.15, -0.1) is 0 Å². The minimum absolute atomic E-state index is 1.00. The predicted molar refractivity (Wildman–Crippen MR) is 150 cm³/mol. The molecule has 0 atom stereocenters. The molecular formula is C33H20N2. The molecule has 0 amide bonds. The first-order chi connectivity index (χ1) is 17.4. The molecule has 1 aliphatic rings. The lowest BCUT2D eigenvalue weighted by Gasteiger charge is -2.11. The van der Waals surface area contributed by atoms with Crippen LogP contribution in [0.3, 0.4) is 0 Å². The zero-order chi connectivity index (χ0) is 22.9. The summed E-state index contributed by atoms with van der Waals surface area (Å²) in [5.74, 6) is 0. The maximum atomic E-state index is 4.94. The second-order valence-electron chi connectivity index (χ2n) is 9.25. The van der Waals surface area contributed by atoms with Gasteiger partial charge in [0.25, 0.3) is 0 Å². The Morgan fingerprint density at radius 3 is 1.69 bits per heavy atom. The average molecular weight is 445 g/mol. The second kappa shape index (κ2) is 6.91. The summed E-state index contributed by atoms with van der Waals surface area (Å²) < 4.78 is 0. The molecule has 162 valence electrons. The van der Waals surface area contributed by atoms with Crippen LogP contribution in [0.2, 0.25) is 0 Å². The van der Waals surface area contributed by atoms with Crippen LogP contribution in [0.4, 0.5) is 0 Å². The Kier molecular flexibility index (Phi) is 3.69. The van der Waals surface area contributed by atoms with Crippen LogP contribution < -0.4 is 0 Å². The van der Waals surface area contributed by atoms with Gasteiger partial charge in [-0.1, -0.05) is 97.1 Å². The van der Waals surface area contributed by atoms with Crippen molar-refractivity contribution in [1.82, 2.24) is 4.98 Å². The van der Waals surface area contributed by atoms with Gasteiger partial charge >= 0.3 is 0 Å². The number of rotatable bonds is 1. The van der Waals surface area contributed by atoms with E-state index in [1.807, 2.05) is 6.21 Å². The third-order valence-corrected chi connectivity index (χ3v) is 7.46. The molecule has 0 saturated carbocycles. The van der Waals surface area contributed by atoms with Gasteiger partial charge in [0.2, 0.25) is 0 Å². The van der Waals surface area contributed by atoms with E-state index in [1.165, 1.54) is 65.0 Å². The molecule has 0 saturated heterocycles. The van der Waals surface area contributed by atoms with E-state index in [0.29, 0.717) is 0 Å². The highest BCUT2D eigenvalue weighted by Crippen LogP contribution is 2.42. The lowest BCUT2D eigenvalue weighted by atomic mass is 9.91. The zero-order valence-corrected chi connectivity index (χ0v) is 18.9. The summed E-state index contributed by atoms with van der Waals surface area (Å²) >= 11 is 0. The van der Waals surface area contributed by atoms with Crippen molar-refractivity contribution in [3.05, 3.63) is 120 Å². The first-order valence-electron chi connectivity index (χ1n) is 12.0. The van der Waals surface area contributed by atoms with E-state index in [9.17, 15) is 0 Å². The van der Waals surface area contributed by atoms with Crippen LogP contribution in [0.5, 0.6) is 0 Å². The molecule has 1 aromatic heterocycles. The van der Waals surface area contributed by atoms with E-state index < -0.39 is 0 Å². The van der Waals surface area contributed by atoms with Crippen LogP contribution in [0, 0.1) is 0 Å². The summed E-state index contributed by atoms with van der Waals surface area (Å²) in [6.45, 7) is 0. The van der Waals surface area contributed by atoms with Gasteiger partial charge in [-0.25, -0.2) is 0 Å². The second-order valence-corrected chi connectivity index (χ2v) is 9.25. The summed E-state index contributed by atoms with van der Waals surface area (Å²) in [7, 11) is 0. The molecule has 7 aromatic rings. The van der Waals surface area contributed by atoms with Gasteiger partial charge in [0.1, 0.15) is 0 Å². The van der Waals surface area contributed by atoms with Crippen molar-refractivity contribution in [3.63, 3.8) is 0 Å². The highest BCUT2D eigenvalue weighted by atomic mass is 14.8. The zero-order valence-electron chi connectivity index (χ0n) is 18.9. The molecule has 8 rings (SSSR count). The number of nitrogens with one attached hydrogen (secondary N) is 1. The normalized spacial score (nSPS) is 14.2. The smallest absolute Gasteiger partial charge is 0.0736 e. The van der Waals surface area contributed by atoms with Crippen molar-refractivity contribution < 1.29 is 0 Å². The van der Waals surface area contributed by atoms with Crippen molar-refractivity contribution >= 4 is 71.8 Å². The maximum absolute atomic E-state index is 4.94. The molecule has 0 bridgehead atoms. The third kappa shape index (κ3) is 2.51. The van der Waals surface area contributed by atoms with Gasteiger partial charge in [0.05, 0.1) is 5.70 Å². The van der Waals surface area contributed by atoms with Crippen molar-refractivity contribution in [3.8, 4) is 0 Å². The van der Waals surface area contributed by atoms with Crippen molar-refractivity contribution in [1.29, 1.82) is 0 Å². The standard InChI is InChI=1S/C33H20N2/c1-3-13-24-20(9-1)22-11-5-7-15-26(22)32-28(24)18-34-30(32)17-31-33-27-16-8-6-12-23(27)21-10-2-4-14-25(21)29(33)19-35-31/h1-19,34H/b31-17-. The van der Waals surface area contributed by atoms with Crippen LogP contribution in [-0.4, -0.2) is 11.2 Å². The summed E-state index contributed by atoms with van der Waals surface area (Å²) in [5, 5.41) is 12.6. The van der Waals surface area contributed by atoms with Gasteiger partial charge in [0, 0.05) is 40.0 Å². The molecule has 2 nitrogen and oxygen atoms in total. The fraction of sp³-hybridized carbons (Fsp3) is 0. The summed E-state index contributed by atoms with van der Waals surface area (Å²) in [5.41, 5.74) is 4.52. The topological polar surface area (TPSA) is 28.1 Å². The Balaban J connectivity index is 1.47. The number of hydrogen-bond donors (Lipinski definition) is 1. The van der Waals surface area contributed by atoms with Gasteiger partial charge in [0.15, 0.2) is 0 Å². The number of aromatic amines is 1. The SMILES string of the molecule is C1=N/C(=C\c2[nH]cc3c4ccccc4c4ccccc4c23)c2c1c1ccccc1c1ccccc21. The molecule has 1 aliphatic heterocycles. The predicted octanol–water partition coefficient (Wildman–Crippen LogP) is 8.71. The van der Waals surface area contributed by atoms with Crippen LogP contribution >= 0.6 is 0 Å². The summed E-state index contributed by atoms with van der Waals surface area (Å²) in [6, 6.07) is 34.7. The Morgan fingerprint density at radius 1 is 0.514 bits per heavy atom. The monoisotopic (exact) mass is 444 g/mol. The number of H-pyrrole nitrogens is 1. The Hall–Kier alpha value is -4.69. The minimum atomic E-state index is 1.00. The number of aromatic nitrogens is 1. The molecule has 0 spiro atoms. The van der Waals surface area contributed by atoms with Gasteiger partial charge in [-0.05, 0) is 49.2 Å². The molecule has 1 N–H and O–H groups in total. The van der Waals surface area contributed by atoms with E-state index in [1.54, 1.807) is 0 Å². The number of fused-ring (bicyclic) bond motifs is 12. The fourth-order valence-corrected chi connectivity index (χ4v) is 5.97. The molecule has 0 radical (unpaired) electrons. The molecule has 2 heteroatoms. The van der Waals surface area contributed by atoms with E-state index in [-0.39, 0.29) is 0 Å². The molecule has 0 fully saturated rings. The Morgan fingerprint density at radius 2 is 1.00 bits per heavy atom. The summed E-state index contributed by atoms with van der Waals surface area (Å²) in [4.78, 5) is 8.53. The van der Waals surface area contributed by atoms with Crippen molar-refractivity contribution in [2.24, 2.45) is 4.99 Å². The van der Waals surface area contributed by atoms with Crippen LogP contribution in [0.25, 0.3) is 65.6 Å². The first-order valence-corrected chi connectivity index (χ1v) is 12.0. The van der Waals surface area contributed by atoms with Crippen LogP contribution in [0.1, 0.15) is 16.8 Å². The highest BCUT2D eigenvalue weighted by Gasteiger charge is 2.21. The Labute approximate surface area is 201 Å². The maximum Gasteiger partial charge on any atom is 0.0736 e. The van der Waals surface area contributed by atoms with E-state index in [2.05, 4.69) is 114 Å². The van der Waals surface area contributed by atoms with E-state index in [4.69, 9.17) is 4.99 Å². The molecule has 2 heterocycles. The first kappa shape index (κ1) is 18.7. The average Bonchev–Trinajstić information content (AvgIpc) is 3.55. The van der Waals surface area contributed by atoms with E-state index >= 15 is 0 Å². The lowest BCUT2D eigenvalue weighted by molar-refractivity contribution is 1.39. The molecule has 0 aliphatic carbocycles. The fourth-order valence-electron chi connectivity index (χ4n) is 5.97. The van der Waals surface area contributed by atoms with Crippen molar-refractivity contribution in [2.45, 2.75) is 0 Å². The van der Waals surface area contributed by atoms with Crippen molar-refractivity contribution in [2.75, 3.05) is 0 Å². The molecule has 35 heavy (non-hydrogen) atoms. The molecule has 0 unspecified atom stereocenters. The quantitative estimate of drug-likeness (QED) is 0.245. The number of nitrogens with zero attached hydrogens (tertiary/aromatic N) is 1. The third-order valence-electron chi connectivity index (χ3n) is 7.46. The number of benzene rings is 6. The van der Waals surface area contributed by atoms with Gasteiger partial charge < -0.3 is 4.98 Å². The Bertz CT molecular complexity index is 2050. The van der Waals surface area contributed by atoms with E-state index in [0.717, 1.165) is 11.4 Å². The van der Waals surface area contributed by atoms with Gasteiger partial charge in [-0.2, -0.15) is 0 Å². The molecular weight excluding hydrogens is 424 g/mol. The van der Waals surface area contributed by atoms with Crippen LogP contribution in [0.15, 0.2) is 108 Å². The van der Waals surface area contributed by atoms with Crippen LogP contribution in [-0.2, 0) is 0 Å². The molecule has 6 aromatic carbocycles. The summed E-state index contributed by atoms with van der Waals surface area (Å²) in [6.07, 6.45) is 6.41. The number of aliphatic imine (C=N–C) groups is 1. The lowest BCUT2D eigenvalue weighted by Crippen LogP contribution is -1.90. The van der Waals surface area contributed by atoms with Gasteiger partial charge in [-0.3, -0.25) is 4.99 Å².